The molecule has 26 heavy (non-hydrogen) atoms. The van der Waals surface area contributed by atoms with Gasteiger partial charge in [0, 0.05) is 0 Å². The Kier molecular flexibility index (Phi) is 5.87. The molecule has 0 aliphatic rings. The van der Waals surface area contributed by atoms with E-state index in [0.29, 0.717) is 17.1 Å². The molecule has 1 atom stereocenters. The number of ether oxygens (including phenoxy) is 1. The van der Waals surface area contributed by atoms with Gasteiger partial charge in [-0.25, -0.2) is 0 Å². The van der Waals surface area contributed by atoms with Gasteiger partial charge in [0.05, 0.1) is 17.7 Å². The molecule has 0 saturated carbocycles. The second kappa shape index (κ2) is 7.74. The zero-order chi connectivity index (χ0) is 19.4. The minimum atomic E-state index is -2.04. The van der Waals surface area contributed by atoms with Crippen LogP contribution in [-0.4, -0.2) is 8.32 Å². The van der Waals surface area contributed by atoms with E-state index in [1.54, 1.807) is 24.3 Å². The maximum atomic E-state index is 9.55. The fourth-order valence-corrected chi connectivity index (χ4v) is 3.22. The lowest BCUT2D eigenvalue weighted by molar-refractivity contribution is 0.236. The number of hydrogen-bond donors (Lipinski definition) is 0. The Morgan fingerprint density at radius 1 is 0.885 bits per heavy atom. The molecule has 4 nitrogen and oxygen atoms in total. The Morgan fingerprint density at radius 2 is 1.38 bits per heavy atom. The lowest BCUT2D eigenvalue weighted by Gasteiger charge is -2.37. The van der Waals surface area contributed by atoms with Crippen molar-refractivity contribution < 1.29 is 9.16 Å². The predicted molar refractivity (Wildman–Crippen MR) is 104 cm³/mol. The quantitative estimate of drug-likeness (QED) is 0.616. The number of benzene rings is 2. The lowest BCUT2D eigenvalue weighted by Crippen LogP contribution is -2.41. The molecule has 0 radical (unpaired) electrons. The first-order valence-corrected chi connectivity index (χ1v) is 11.4. The number of rotatable bonds is 5. The van der Waals surface area contributed by atoms with Crippen LogP contribution in [0.1, 0.15) is 38.0 Å². The zero-order valence-corrected chi connectivity index (χ0v) is 16.9. The van der Waals surface area contributed by atoms with Crippen LogP contribution in [0.25, 0.3) is 0 Å². The van der Waals surface area contributed by atoms with Gasteiger partial charge in [0.15, 0.2) is 14.4 Å². The Bertz CT molecular complexity index is 823. The van der Waals surface area contributed by atoms with Crippen LogP contribution in [0, 0.1) is 22.7 Å². The third-order valence-electron chi connectivity index (χ3n) is 4.74. The van der Waals surface area contributed by atoms with Crippen molar-refractivity contribution in [1.82, 2.24) is 0 Å². The predicted octanol–water partition coefficient (Wildman–Crippen LogP) is 5.94. The van der Waals surface area contributed by atoms with Gasteiger partial charge in [-0.2, -0.15) is 10.5 Å². The summed E-state index contributed by atoms with van der Waals surface area (Å²) < 4.78 is 12.0. The molecule has 0 fully saturated rings. The van der Waals surface area contributed by atoms with Gasteiger partial charge in [-0.3, -0.25) is 0 Å². The van der Waals surface area contributed by atoms with Crippen LogP contribution in [0.2, 0.25) is 18.1 Å². The summed E-state index contributed by atoms with van der Waals surface area (Å²) >= 11 is 0. The molecule has 0 spiro atoms. The highest BCUT2D eigenvalue weighted by Crippen LogP contribution is 2.39. The average molecular weight is 365 g/mol. The van der Waals surface area contributed by atoms with Gasteiger partial charge in [-0.05, 0) is 60.1 Å². The lowest BCUT2D eigenvalue weighted by atomic mass is 10.1. The van der Waals surface area contributed by atoms with E-state index in [2.05, 4.69) is 46.0 Å². The second-order valence-electron chi connectivity index (χ2n) is 7.69. The zero-order valence-electron chi connectivity index (χ0n) is 15.9. The van der Waals surface area contributed by atoms with Gasteiger partial charge in [0.1, 0.15) is 11.5 Å². The fourth-order valence-electron chi connectivity index (χ4n) is 2.08. The molecule has 0 N–H and O–H groups in total. The smallest absolute Gasteiger partial charge is 0.194 e. The van der Waals surface area contributed by atoms with E-state index >= 15 is 0 Å². The second-order valence-corrected chi connectivity index (χ2v) is 12.5. The van der Waals surface area contributed by atoms with Crippen molar-refractivity contribution in [2.24, 2.45) is 0 Å². The van der Waals surface area contributed by atoms with Gasteiger partial charge < -0.3 is 9.16 Å². The van der Waals surface area contributed by atoms with Crippen molar-refractivity contribution in [3.8, 4) is 23.6 Å². The first-order valence-electron chi connectivity index (χ1n) is 8.52. The molecule has 0 aliphatic carbocycles. The van der Waals surface area contributed by atoms with Crippen molar-refractivity contribution in [3.63, 3.8) is 0 Å². The Labute approximate surface area is 156 Å². The van der Waals surface area contributed by atoms with Crippen molar-refractivity contribution in [2.75, 3.05) is 0 Å². The summed E-state index contributed by atoms with van der Waals surface area (Å²) in [6, 6.07) is 18.7. The van der Waals surface area contributed by atoms with Gasteiger partial charge in [0.25, 0.3) is 0 Å². The number of nitrogens with zero attached hydrogens (tertiary/aromatic N) is 2. The highest BCUT2D eigenvalue weighted by molar-refractivity contribution is 6.74. The summed E-state index contributed by atoms with van der Waals surface area (Å²) in [5, 5.41) is 18.4. The van der Waals surface area contributed by atoms with E-state index in [4.69, 9.17) is 14.4 Å². The Balaban J connectivity index is 2.12. The van der Waals surface area contributed by atoms with Crippen molar-refractivity contribution in [1.29, 1.82) is 10.5 Å². The van der Waals surface area contributed by atoms with Crippen molar-refractivity contribution in [3.05, 3.63) is 59.7 Å². The minimum absolute atomic E-state index is 0.0424. The Morgan fingerprint density at radius 3 is 1.81 bits per heavy atom. The first-order chi connectivity index (χ1) is 12.2. The molecule has 2 rings (SSSR count). The molecule has 0 bridgehead atoms. The van der Waals surface area contributed by atoms with Crippen LogP contribution in [0.4, 0.5) is 0 Å². The standard InChI is InChI=1S/C21H24N2O2Si/c1-21(2,3)26(4,5)25-20(15-23)17-8-12-19(13-9-17)24-18-10-6-16(14-22)7-11-18/h6-13,20H,1-5H3/t20-/m0/s1. The summed E-state index contributed by atoms with van der Waals surface area (Å²) in [5.74, 6) is 1.33. The first kappa shape index (κ1) is 19.7. The highest BCUT2D eigenvalue weighted by Gasteiger charge is 2.39. The summed E-state index contributed by atoms with van der Waals surface area (Å²) in [6.45, 7) is 10.7. The molecule has 0 heterocycles. The largest absolute Gasteiger partial charge is 0.457 e. The monoisotopic (exact) mass is 364 g/mol. The molecule has 0 aliphatic heterocycles. The van der Waals surface area contributed by atoms with Crippen LogP contribution in [0.15, 0.2) is 48.5 Å². The third kappa shape index (κ3) is 4.73. The van der Waals surface area contributed by atoms with E-state index in [-0.39, 0.29) is 5.04 Å². The van der Waals surface area contributed by atoms with E-state index in [0.717, 1.165) is 5.56 Å². The molecular formula is C21H24N2O2Si. The molecule has 2 aromatic rings. The van der Waals surface area contributed by atoms with Crippen LogP contribution >= 0.6 is 0 Å². The maximum Gasteiger partial charge on any atom is 0.194 e. The Hall–Kier alpha value is -2.60. The molecule has 0 unspecified atom stereocenters. The van der Waals surface area contributed by atoms with Crippen molar-refractivity contribution >= 4 is 8.32 Å². The summed E-state index contributed by atoms with van der Waals surface area (Å²) in [5.41, 5.74) is 1.41. The maximum absolute atomic E-state index is 9.55. The topological polar surface area (TPSA) is 66.0 Å². The number of nitriles is 2. The number of hydrogen-bond acceptors (Lipinski definition) is 4. The van der Waals surface area contributed by atoms with E-state index in [9.17, 15) is 5.26 Å². The average Bonchev–Trinajstić information content (AvgIpc) is 2.60. The molecular weight excluding hydrogens is 340 g/mol. The summed E-state index contributed by atoms with van der Waals surface area (Å²) in [4.78, 5) is 0. The van der Waals surface area contributed by atoms with E-state index in [1.807, 2.05) is 24.3 Å². The van der Waals surface area contributed by atoms with Gasteiger partial charge in [-0.1, -0.05) is 32.9 Å². The summed E-state index contributed by atoms with van der Waals surface area (Å²) in [7, 11) is -2.04. The van der Waals surface area contributed by atoms with E-state index in [1.165, 1.54) is 0 Å². The van der Waals surface area contributed by atoms with Gasteiger partial charge in [0.2, 0.25) is 0 Å². The molecule has 5 heteroatoms. The van der Waals surface area contributed by atoms with Crippen LogP contribution < -0.4 is 4.74 Å². The van der Waals surface area contributed by atoms with Gasteiger partial charge in [-0.15, -0.1) is 0 Å². The molecule has 2 aromatic carbocycles. The molecule has 0 saturated heterocycles. The fraction of sp³-hybridized carbons (Fsp3) is 0.333. The highest BCUT2D eigenvalue weighted by atomic mass is 28.4. The van der Waals surface area contributed by atoms with E-state index < -0.39 is 14.4 Å². The van der Waals surface area contributed by atoms with Crippen molar-refractivity contribution in [2.45, 2.75) is 45.0 Å². The molecule has 0 aromatic heterocycles. The molecule has 0 amide bonds. The van der Waals surface area contributed by atoms with Crippen LogP contribution in [0.3, 0.4) is 0 Å². The van der Waals surface area contributed by atoms with Gasteiger partial charge >= 0.3 is 0 Å². The third-order valence-corrected chi connectivity index (χ3v) is 9.18. The SMILES string of the molecule is CC(C)(C)[Si](C)(C)O[C@@H](C#N)c1ccc(Oc2ccc(C#N)cc2)cc1. The summed E-state index contributed by atoms with van der Waals surface area (Å²) in [6.07, 6.45) is -0.583. The minimum Gasteiger partial charge on any atom is -0.457 e. The normalized spacial score (nSPS) is 12.7. The van der Waals surface area contributed by atoms with Crippen LogP contribution in [-0.2, 0) is 4.43 Å². The van der Waals surface area contributed by atoms with Crippen LogP contribution in [0.5, 0.6) is 11.5 Å². The molecule has 134 valence electrons.